The zero-order chi connectivity index (χ0) is 11.3. The van der Waals surface area contributed by atoms with Gasteiger partial charge >= 0.3 is 0 Å². The average Bonchev–Trinajstić information content (AvgIpc) is 2.39. The first-order chi connectivity index (χ1) is 7.57. The largest absolute Gasteiger partial charge is 0.353 e. The van der Waals surface area contributed by atoms with Crippen LogP contribution in [0.25, 0.3) is 0 Å². The zero-order valence-electron chi connectivity index (χ0n) is 10.2. The third-order valence-corrected chi connectivity index (χ3v) is 4.47. The first kappa shape index (κ1) is 10.5. The molecule has 0 aromatic heterocycles. The summed E-state index contributed by atoms with van der Waals surface area (Å²) < 4.78 is 0. The number of nitrogens with zero attached hydrogens (tertiary/aromatic N) is 2. The van der Waals surface area contributed by atoms with Crippen LogP contribution >= 0.6 is 0 Å². The minimum atomic E-state index is 0.127. The van der Waals surface area contributed by atoms with Crippen LogP contribution in [0, 0.1) is 11.3 Å². The third kappa shape index (κ3) is 1.55. The smallest absolute Gasteiger partial charge is 0.217 e. The van der Waals surface area contributed by atoms with E-state index in [4.69, 9.17) is 0 Å². The lowest BCUT2D eigenvalue weighted by Crippen LogP contribution is -2.67. The van der Waals surface area contributed by atoms with Gasteiger partial charge in [0.2, 0.25) is 5.91 Å². The molecular formula is C12H21N3O. The molecule has 0 radical (unpaired) electrons. The highest BCUT2D eigenvalue weighted by Crippen LogP contribution is 2.40. The molecule has 4 aliphatic heterocycles. The number of hydrogen-bond donors (Lipinski definition) is 1. The fourth-order valence-corrected chi connectivity index (χ4v) is 4.03. The highest BCUT2D eigenvalue weighted by atomic mass is 16.1. The minimum absolute atomic E-state index is 0.127. The number of nitrogens with one attached hydrogen (secondary N) is 1. The molecule has 4 heteroatoms. The lowest BCUT2D eigenvalue weighted by Gasteiger charge is -2.53. The average molecular weight is 223 g/mol. The molecule has 0 spiro atoms. The highest BCUT2D eigenvalue weighted by molar-refractivity contribution is 5.73. The van der Waals surface area contributed by atoms with Crippen molar-refractivity contribution in [2.45, 2.75) is 19.9 Å². The van der Waals surface area contributed by atoms with E-state index in [1.54, 1.807) is 6.92 Å². The Labute approximate surface area is 97.0 Å². The summed E-state index contributed by atoms with van der Waals surface area (Å²) in [6.45, 7) is 11.0. The van der Waals surface area contributed by atoms with Crippen LogP contribution in [0.3, 0.4) is 0 Å². The molecule has 3 atom stereocenters. The summed E-state index contributed by atoms with van der Waals surface area (Å²) in [4.78, 5) is 16.5. The van der Waals surface area contributed by atoms with E-state index in [1.165, 1.54) is 13.1 Å². The molecule has 0 aromatic rings. The van der Waals surface area contributed by atoms with Crippen molar-refractivity contribution in [3.05, 3.63) is 0 Å². The van der Waals surface area contributed by atoms with Crippen molar-refractivity contribution in [3.63, 3.8) is 0 Å². The fourth-order valence-electron chi connectivity index (χ4n) is 4.03. The maximum absolute atomic E-state index is 11.3. The number of fused-ring (bicyclic) bond motifs is 1. The molecule has 4 fully saturated rings. The second kappa shape index (κ2) is 3.44. The highest BCUT2D eigenvalue weighted by Gasteiger charge is 2.51. The summed E-state index contributed by atoms with van der Waals surface area (Å²) in [6.07, 6.45) is 0. The summed E-state index contributed by atoms with van der Waals surface area (Å²) in [5.41, 5.74) is 0.253. The van der Waals surface area contributed by atoms with Gasteiger partial charge in [0.05, 0.1) is 0 Å². The van der Waals surface area contributed by atoms with Gasteiger partial charge in [-0.25, -0.2) is 0 Å². The molecule has 4 rings (SSSR count). The Kier molecular flexibility index (Phi) is 2.27. The molecule has 0 aromatic carbocycles. The molecule has 0 saturated carbocycles. The number of amides is 1. The van der Waals surface area contributed by atoms with Crippen molar-refractivity contribution in [2.75, 3.05) is 39.3 Å². The van der Waals surface area contributed by atoms with Crippen LogP contribution in [0.4, 0.5) is 0 Å². The van der Waals surface area contributed by atoms with E-state index in [1.807, 2.05) is 0 Å². The van der Waals surface area contributed by atoms with E-state index >= 15 is 0 Å². The van der Waals surface area contributed by atoms with Crippen molar-refractivity contribution in [3.8, 4) is 0 Å². The maximum atomic E-state index is 11.3. The first-order valence-electron chi connectivity index (χ1n) is 6.29. The number of rotatable bonds is 1. The summed E-state index contributed by atoms with van der Waals surface area (Å²) in [7, 11) is 0. The molecule has 0 aliphatic carbocycles. The Hall–Kier alpha value is -0.610. The van der Waals surface area contributed by atoms with Crippen molar-refractivity contribution in [1.29, 1.82) is 0 Å². The van der Waals surface area contributed by atoms with Gasteiger partial charge in [0.25, 0.3) is 0 Å². The van der Waals surface area contributed by atoms with E-state index in [0.717, 1.165) is 26.2 Å². The molecule has 16 heavy (non-hydrogen) atoms. The van der Waals surface area contributed by atoms with Gasteiger partial charge in [0, 0.05) is 63.6 Å². The van der Waals surface area contributed by atoms with Crippen molar-refractivity contribution in [1.82, 2.24) is 15.1 Å². The first-order valence-corrected chi connectivity index (χ1v) is 6.29. The summed E-state index contributed by atoms with van der Waals surface area (Å²) >= 11 is 0. The SMILES string of the molecule is CC(=O)N[C@H]1C2CN3CCN(C2)CC1(C)C3. The lowest BCUT2D eigenvalue weighted by molar-refractivity contribution is -0.123. The third-order valence-electron chi connectivity index (χ3n) is 4.47. The van der Waals surface area contributed by atoms with Gasteiger partial charge in [-0.05, 0) is 0 Å². The monoisotopic (exact) mass is 223 g/mol. The second-order valence-electron chi connectivity index (χ2n) is 6.06. The van der Waals surface area contributed by atoms with E-state index < -0.39 is 0 Å². The second-order valence-corrected chi connectivity index (χ2v) is 6.06. The van der Waals surface area contributed by atoms with Gasteiger partial charge in [-0.3, -0.25) is 4.79 Å². The topological polar surface area (TPSA) is 35.6 Å². The van der Waals surface area contributed by atoms with Crippen molar-refractivity contribution < 1.29 is 4.79 Å². The maximum Gasteiger partial charge on any atom is 0.217 e. The normalized spacial score (nSPS) is 50.1. The van der Waals surface area contributed by atoms with E-state index in [0.29, 0.717) is 12.0 Å². The molecule has 1 amide bonds. The summed E-state index contributed by atoms with van der Waals surface area (Å²) in [5.74, 6) is 0.751. The molecule has 2 unspecified atom stereocenters. The van der Waals surface area contributed by atoms with Crippen LogP contribution in [0.2, 0.25) is 0 Å². The molecule has 4 aliphatic rings. The molecule has 90 valence electrons. The number of hydrogen-bond acceptors (Lipinski definition) is 3. The van der Waals surface area contributed by atoms with Gasteiger partial charge in [-0.2, -0.15) is 0 Å². The minimum Gasteiger partial charge on any atom is -0.353 e. The predicted octanol–water partition coefficient (Wildman–Crippen LogP) is -0.242. The molecule has 1 N–H and O–H groups in total. The Morgan fingerprint density at radius 1 is 1.25 bits per heavy atom. The lowest BCUT2D eigenvalue weighted by atomic mass is 9.69. The Morgan fingerprint density at radius 2 is 1.81 bits per heavy atom. The van der Waals surface area contributed by atoms with Gasteiger partial charge in [0.1, 0.15) is 0 Å². The van der Waals surface area contributed by atoms with Gasteiger partial charge in [0.15, 0.2) is 0 Å². The quantitative estimate of drug-likeness (QED) is 0.666. The number of carbonyl (C=O) groups is 1. The van der Waals surface area contributed by atoms with Crippen LogP contribution in [0.5, 0.6) is 0 Å². The van der Waals surface area contributed by atoms with Crippen LogP contribution < -0.4 is 5.32 Å². The van der Waals surface area contributed by atoms with E-state index in [2.05, 4.69) is 22.0 Å². The summed E-state index contributed by atoms with van der Waals surface area (Å²) in [5, 5.41) is 3.20. The number of piperidine rings is 2. The standard InChI is InChI=1S/C12H21N3O/c1-9(16)13-11-10-5-14-3-4-15(6-10)8-12(11,2)7-14/h10-11H,3-8H2,1-2H3,(H,13,16)/t10?,11-,12?/m0/s1. The van der Waals surface area contributed by atoms with E-state index in [9.17, 15) is 4.79 Å². The summed E-state index contributed by atoms with van der Waals surface area (Å²) in [6, 6.07) is 0.385. The van der Waals surface area contributed by atoms with Crippen molar-refractivity contribution >= 4 is 5.91 Å². The molecule has 4 heterocycles. The van der Waals surface area contributed by atoms with Gasteiger partial charge in [-0.15, -0.1) is 0 Å². The van der Waals surface area contributed by atoms with Crippen LogP contribution in [0.1, 0.15) is 13.8 Å². The van der Waals surface area contributed by atoms with Crippen LogP contribution in [-0.4, -0.2) is 61.0 Å². The van der Waals surface area contributed by atoms with E-state index in [-0.39, 0.29) is 11.3 Å². The Bertz CT molecular complexity index is 301. The Balaban J connectivity index is 1.89. The molecule has 4 nitrogen and oxygen atoms in total. The fraction of sp³-hybridized carbons (Fsp3) is 0.917. The van der Waals surface area contributed by atoms with Crippen molar-refractivity contribution in [2.24, 2.45) is 11.3 Å². The predicted molar refractivity (Wildman–Crippen MR) is 62.1 cm³/mol. The van der Waals surface area contributed by atoms with Gasteiger partial charge < -0.3 is 15.1 Å². The van der Waals surface area contributed by atoms with Crippen LogP contribution in [0.15, 0.2) is 0 Å². The molecule has 4 saturated heterocycles. The number of carbonyl (C=O) groups excluding carboxylic acids is 1. The van der Waals surface area contributed by atoms with Crippen LogP contribution in [-0.2, 0) is 4.79 Å². The van der Waals surface area contributed by atoms with Gasteiger partial charge in [-0.1, -0.05) is 6.92 Å². The molecular weight excluding hydrogens is 202 g/mol. The Morgan fingerprint density at radius 3 is 2.25 bits per heavy atom. The molecule has 4 bridgehead atoms. The zero-order valence-corrected chi connectivity index (χ0v) is 10.2.